The van der Waals surface area contributed by atoms with Gasteiger partial charge in [-0.05, 0) is 70.5 Å². The number of phenols is 2. The van der Waals surface area contributed by atoms with E-state index >= 15 is 0 Å². The van der Waals surface area contributed by atoms with E-state index in [2.05, 4.69) is 24.3 Å². The van der Waals surface area contributed by atoms with Gasteiger partial charge in [0, 0.05) is 31.3 Å². The van der Waals surface area contributed by atoms with Crippen molar-refractivity contribution in [3.05, 3.63) is 60.7 Å². The van der Waals surface area contributed by atoms with Gasteiger partial charge in [-0.3, -0.25) is 0 Å². The van der Waals surface area contributed by atoms with Gasteiger partial charge in [0.25, 0.3) is 0 Å². The summed E-state index contributed by atoms with van der Waals surface area (Å²) >= 11 is 3.33. The Bertz CT molecular complexity index is 1300. The van der Waals surface area contributed by atoms with Crippen molar-refractivity contribution in [3.63, 3.8) is 0 Å². The second kappa shape index (κ2) is 6.50. The van der Waals surface area contributed by atoms with E-state index in [9.17, 15) is 10.2 Å². The lowest BCUT2D eigenvalue weighted by Gasteiger charge is -2.13. The Morgan fingerprint density at radius 2 is 0.929 bits per heavy atom. The number of rotatable bonds is 2. The summed E-state index contributed by atoms with van der Waals surface area (Å²) in [4.78, 5) is 2.25. The van der Waals surface area contributed by atoms with E-state index in [0.29, 0.717) is 11.5 Å². The Kier molecular flexibility index (Phi) is 4.07. The van der Waals surface area contributed by atoms with Crippen molar-refractivity contribution in [2.24, 2.45) is 0 Å². The fraction of sp³-hybridized carbons (Fsp3) is 0.0833. The minimum Gasteiger partial charge on any atom is -0.507 e. The summed E-state index contributed by atoms with van der Waals surface area (Å²) in [5.41, 5.74) is 0. The van der Waals surface area contributed by atoms with Gasteiger partial charge in [-0.15, -0.1) is 23.5 Å². The highest BCUT2D eigenvalue weighted by atomic mass is 32.2. The molecule has 0 saturated heterocycles. The lowest BCUT2D eigenvalue weighted by molar-refractivity contribution is 0.486. The van der Waals surface area contributed by atoms with E-state index in [0.717, 1.165) is 52.9 Å². The lowest BCUT2D eigenvalue weighted by atomic mass is 9.96. The molecule has 138 valence electrons. The molecule has 0 aliphatic carbocycles. The standard InChI is InChI=1S/C24H18O2S2/c1-27-21-7-3-5-15-19(21)11-13-9-18-14(10-17(13)23(15)25)12-20-16(24(18)26)6-4-8-22(20)28-2/h3-12,25-26H,1-2H3. The third kappa shape index (κ3) is 2.45. The summed E-state index contributed by atoms with van der Waals surface area (Å²) < 4.78 is 0. The minimum absolute atomic E-state index is 0.294. The van der Waals surface area contributed by atoms with Crippen molar-refractivity contribution in [2.75, 3.05) is 12.5 Å². The maximum Gasteiger partial charge on any atom is 0.131 e. The minimum atomic E-state index is 0.294. The van der Waals surface area contributed by atoms with Gasteiger partial charge in [-0.2, -0.15) is 0 Å². The molecule has 5 rings (SSSR count). The molecule has 0 bridgehead atoms. The van der Waals surface area contributed by atoms with Crippen LogP contribution in [0.15, 0.2) is 70.5 Å². The highest BCUT2D eigenvalue weighted by molar-refractivity contribution is 7.99. The fourth-order valence-electron chi connectivity index (χ4n) is 4.04. The molecule has 5 aromatic carbocycles. The number of phenolic OH excluding ortho intramolecular Hbond substituents is 2. The van der Waals surface area contributed by atoms with Crippen molar-refractivity contribution >= 4 is 66.6 Å². The summed E-state index contributed by atoms with van der Waals surface area (Å²) in [6.07, 6.45) is 4.08. The summed E-state index contributed by atoms with van der Waals surface area (Å²) in [7, 11) is 0. The zero-order chi connectivity index (χ0) is 19.4. The van der Waals surface area contributed by atoms with E-state index in [1.54, 1.807) is 23.5 Å². The first-order valence-electron chi connectivity index (χ1n) is 8.97. The molecule has 0 amide bonds. The van der Waals surface area contributed by atoms with Crippen LogP contribution in [0.1, 0.15) is 0 Å². The third-order valence-electron chi connectivity index (χ3n) is 5.41. The first kappa shape index (κ1) is 17.5. The molecule has 0 aromatic heterocycles. The second-order valence-corrected chi connectivity index (χ2v) is 8.55. The molecule has 28 heavy (non-hydrogen) atoms. The second-order valence-electron chi connectivity index (χ2n) is 6.86. The van der Waals surface area contributed by atoms with Gasteiger partial charge >= 0.3 is 0 Å². The number of benzene rings is 5. The van der Waals surface area contributed by atoms with E-state index < -0.39 is 0 Å². The number of hydrogen-bond donors (Lipinski definition) is 2. The van der Waals surface area contributed by atoms with Crippen LogP contribution in [0, 0.1) is 0 Å². The molecule has 0 heterocycles. The highest BCUT2D eigenvalue weighted by Gasteiger charge is 2.14. The predicted octanol–water partition coefficient (Wildman–Crippen LogP) is 7.15. The Morgan fingerprint density at radius 3 is 1.32 bits per heavy atom. The first-order valence-corrected chi connectivity index (χ1v) is 11.4. The Labute approximate surface area is 171 Å². The van der Waals surface area contributed by atoms with Gasteiger partial charge in [-0.1, -0.05) is 24.3 Å². The van der Waals surface area contributed by atoms with Gasteiger partial charge in [0.2, 0.25) is 0 Å². The topological polar surface area (TPSA) is 40.5 Å². The normalized spacial score (nSPS) is 11.8. The average molecular weight is 403 g/mol. The molecule has 0 aliphatic heterocycles. The van der Waals surface area contributed by atoms with Crippen LogP contribution in [-0.4, -0.2) is 22.7 Å². The summed E-state index contributed by atoms with van der Waals surface area (Å²) in [5.74, 6) is 0.589. The smallest absolute Gasteiger partial charge is 0.131 e. The summed E-state index contributed by atoms with van der Waals surface area (Å²) in [6.45, 7) is 0. The van der Waals surface area contributed by atoms with Gasteiger partial charge in [-0.25, -0.2) is 0 Å². The lowest BCUT2D eigenvalue weighted by Crippen LogP contribution is -1.85. The van der Waals surface area contributed by atoms with E-state index in [1.165, 1.54) is 0 Å². The van der Waals surface area contributed by atoms with Crippen molar-refractivity contribution in [2.45, 2.75) is 9.79 Å². The quantitative estimate of drug-likeness (QED) is 0.243. The molecule has 2 nitrogen and oxygen atoms in total. The highest BCUT2D eigenvalue weighted by Crippen LogP contribution is 2.43. The Balaban J connectivity index is 1.96. The van der Waals surface area contributed by atoms with Gasteiger partial charge in [0.1, 0.15) is 11.5 Å². The van der Waals surface area contributed by atoms with Gasteiger partial charge in [0.05, 0.1) is 0 Å². The molecule has 5 aromatic rings. The number of thioether (sulfide) groups is 2. The van der Waals surface area contributed by atoms with Crippen LogP contribution in [0.2, 0.25) is 0 Å². The van der Waals surface area contributed by atoms with Crippen LogP contribution < -0.4 is 0 Å². The van der Waals surface area contributed by atoms with E-state index in [-0.39, 0.29) is 0 Å². The largest absolute Gasteiger partial charge is 0.507 e. The average Bonchev–Trinajstić information content (AvgIpc) is 2.73. The Morgan fingerprint density at radius 1 is 0.536 bits per heavy atom. The summed E-state index contributed by atoms with van der Waals surface area (Å²) in [6, 6.07) is 20.2. The van der Waals surface area contributed by atoms with Crippen LogP contribution in [0.5, 0.6) is 11.5 Å². The molecule has 4 heteroatoms. The van der Waals surface area contributed by atoms with Crippen LogP contribution in [-0.2, 0) is 0 Å². The van der Waals surface area contributed by atoms with Crippen LogP contribution in [0.4, 0.5) is 0 Å². The van der Waals surface area contributed by atoms with Crippen LogP contribution in [0.3, 0.4) is 0 Å². The zero-order valence-corrected chi connectivity index (χ0v) is 17.1. The number of hydrogen-bond acceptors (Lipinski definition) is 4. The van der Waals surface area contributed by atoms with Crippen LogP contribution in [0.25, 0.3) is 43.1 Å². The molecule has 0 saturated carbocycles. The number of fused-ring (bicyclic) bond motifs is 4. The molecule has 0 fully saturated rings. The SMILES string of the molecule is CSc1cccc2c(O)c3cc4cc5c(SC)cccc5c(O)c4cc3cc12. The molecular weight excluding hydrogens is 384 g/mol. The van der Waals surface area contributed by atoms with Crippen LogP contribution >= 0.6 is 23.5 Å². The van der Waals surface area contributed by atoms with Crippen molar-refractivity contribution < 1.29 is 10.2 Å². The van der Waals surface area contributed by atoms with Crippen molar-refractivity contribution in [1.82, 2.24) is 0 Å². The van der Waals surface area contributed by atoms with E-state index in [1.807, 2.05) is 48.9 Å². The zero-order valence-electron chi connectivity index (χ0n) is 15.5. The first-order chi connectivity index (χ1) is 13.6. The molecular formula is C24H18O2S2. The number of aromatic hydroxyl groups is 2. The molecule has 0 radical (unpaired) electrons. The molecule has 0 atom stereocenters. The van der Waals surface area contributed by atoms with Gasteiger partial charge in [0.15, 0.2) is 0 Å². The molecule has 0 unspecified atom stereocenters. The van der Waals surface area contributed by atoms with E-state index in [4.69, 9.17) is 0 Å². The van der Waals surface area contributed by atoms with Crippen molar-refractivity contribution in [1.29, 1.82) is 0 Å². The van der Waals surface area contributed by atoms with Crippen molar-refractivity contribution in [3.8, 4) is 11.5 Å². The fourth-order valence-corrected chi connectivity index (χ4v) is 5.25. The third-order valence-corrected chi connectivity index (χ3v) is 7.01. The maximum atomic E-state index is 11.0. The predicted molar refractivity (Wildman–Crippen MR) is 123 cm³/mol. The summed E-state index contributed by atoms with van der Waals surface area (Å²) in [5, 5.41) is 29.2. The molecule has 0 spiro atoms. The molecule has 0 aliphatic rings. The monoisotopic (exact) mass is 402 g/mol. The molecule has 2 N–H and O–H groups in total. The Hall–Kier alpha value is -2.56. The van der Waals surface area contributed by atoms with Gasteiger partial charge < -0.3 is 10.2 Å². The maximum absolute atomic E-state index is 11.0.